The number of anilines is 1. The van der Waals surface area contributed by atoms with Gasteiger partial charge in [-0.15, -0.1) is 0 Å². The first-order chi connectivity index (χ1) is 11.6. The lowest BCUT2D eigenvalue weighted by Gasteiger charge is -2.12. The normalized spacial score (nSPS) is 15.8. The molecule has 7 nitrogen and oxygen atoms in total. The van der Waals surface area contributed by atoms with Gasteiger partial charge in [-0.25, -0.2) is 9.78 Å². The molecule has 2 amide bonds. The average Bonchev–Trinajstić information content (AvgIpc) is 3.09. The Morgan fingerprint density at radius 1 is 1.38 bits per heavy atom. The van der Waals surface area contributed by atoms with Crippen LogP contribution in [0.25, 0.3) is 11.0 Å². The van der Waals surface area contributed by atoms with Gasteiger partial charge in [-0.3, -0.25) is 4.68 Å². The summed E-state index contributed by atoms with van der Waals surface area (Å²) in [4.78, 5) is 16.6. The van der Waals surface area contributed by atoms with Crippen LogP contribution in [0.1, 0.15) is 17.3 Å². The third-order valence-corrected chi connectivity index (χ3v) is 4.13. The number of carbonyl (C=O) groups is 1. The summed E-state index contributed by atoms with van der Waals surface area (Å²) in [6.45, 7) is 2.35. The number of nitrogens with one attached hydrogen (secondary N) is 2. The van der Waals surface area contributed by atoms with Crippen molar-refractivity contribution < 1.29 is 9.53 Å². The van der Waals surface area contributed by atoms with Crippen LogP contribution in [0.5, 0.6) is 5.75 Å². The van der Waals surface area contributed by atoms with E-state index in [-0.39, 0.29) is 12.1 Å². The molecule has 24 heavy (non-hydrogen) atoms. The van der Waals surface area contributed by atoms with E-state index in [1.54, 1.807) is 10.9 Å². The minimum absolute atomic E-state index is 0.155. The molecule has 0 saturated heterocycles. The number of nitrogens with zero attached hydrogens (tertiary/aromatic N) is 3. The van der Waals surface area contributed by atoms with Crippen LogP contribution in [-0.4, -0.2) is 27.4 Å². The second-order valence-electron chi connectivity index (χ2n) is 5.80. The highest BCUT2D eigenvalue weighted by Gasteiger charge is 2.25. The molecule has 0 saturated carbocycles. The summed E-state index contributed by atoms with van der Waals surface area (Å²) >= 11 is 0. The summed E-state index contributed by atoms with van der Waals surface area (Å²) in [5, 5.41) is 11.0. The van der Waals surface area contributed by atoms with Gasteiger partial charge in [-0.05, 0) is 19.1 Å². The maximum absolute atomic E-state index is 12.3. The molecular weight excluding hydrogens is 306 g/mol. The summed E-state index contributed by atoms with van der Waals surface area (Å²) in [6, 6.07) is 9.14. The van der Waals surface area contributed by atoms with Gasteiger partial charge < -0.3 is 15.4 Å². The van der Waals surface area contributed by atoms with E-state index >= 15 is 0 Å². The minimum Gasteiger partial charge on any atom is -0.491 e. The lowest BCUT2D eigenvalue weighted by molar-refractivity contribution is 0.243. The van der Waals surface area contributed by atoms with Crippen molar-refractivity contribution >= 4 is 22.8 Å². The van der Waals surface area contributed by atoms with Crippen LogP contribution in [0.15, 0.2) is 36.5 Å². The molecule has 0 spiro atoms. The first-order valence-electron chi connectivity index (χ1n) is 7.70. The molecule has 3 aromatic rings. The van der Waals surface area contributed by atoms with Crippen molar-refractivity contribution in [2.24, 2.45) is 7.05 Å². The zero-order valence-electron chi connectivity index (χ0n) is 13.4. The Hall–Kier alpha value is -3.09. The van der Waals surface area contributed by atoms with E-state index in [2.05, 4.69) is 20.7 Å². The van der Waals surface area contributed by atoms with Gasteiger partial charge in [0.2, 0.25) is 0 Å². The molecule has 2 aromatic heterocycles. The van der Waals surface area contributed by atoms with Crippen molar-refractivity contribution in [2.75, 3.05) is 11.9 Å². The van der Waals surface area contributed by atoms with Gasteiger partial charge in [0.15, 0.2) is 5.65 Å². The topological polar surface area (TPSA) is 81.1 Å². The van der Waals surface area contributed by atoms with Crippen molar-refractivity contribution in [1.82, 2.24) is 20.1 Å². The number of fused-ring (bicyclic) bond motifs is 2. The van der Waals surface area contributed by atoms with E-state index < -0.39 is 0 Å². The van der Waals surface area contributed by atoms with E-state index in [0.29, 0.717) is 12.3 Å². The van der Waals surface area contributed by atoms with Crippen LogP contribution < -0.4 is 15.4 Å². The van der Waals surface area contributed by atoms with E-state index in [0.717, 1.165) is 28.0 Å². The molecule has 122 valence electrons. The van der Waals surface area contributed by atoms with Gasteiger partial charge in [0.25, 0.3) is 0 Å². The van der Waals surface area contributed by atoms with Crippen LogP contribution >= 0.6 is 0 Å². The molecule has 3 heterocycles. The molecule has 7 heteroatoms. The van der Waals surface area contributed by atoms with Crippen LogP contribution in [-0.2, 0) is 7.05 Å². The standard InChI is InChI=1S/C17H17N5O2/c1-10-13-7-11(8-18-16(13)22(2)21-10)19-17(23)20-14-9-24-15-6-4-3-5-12(14)15/h3-8,14H,9H2,1-2H3,(H2,19,20,23)/t14-/m1/s1. The number of amides is 2. The zero-order valence-corrected chi connectivity index (χ0v) is 13.4. The summed E-state index contributed by atoms with van der Waals surface area (Å²) < 4.78 is 7.30. The van der Waals surface area contributed by atoms with Crippen LogP contribution in [0.3, 0.4) is 0 Å². The predicted octanol–water partition coefficient (Wildman–Crippen LogP) is 2.53. The van der Waals surface area contributed by atoms with E-state index in [1.165, 1.54) is 0 Å². The van der Waals surface area contributed by atoms with Crippen LogP contribution in [0.4, 0.5) is 10.5 Å². The number of rotatable bonds is 2. The minimum atomic E-state index is -0.289. The highest BCUT2D eigenvalue weighted by molar-refractivity contribution is 5.92. The quantitative estimate of drug-likeness (QED) is 0.759. The average molecular weight is 323 g/mol. The Labute approximate surface area is 138 Å². The second-order valence-corrected chi connectivity index (χ2v) is 5.80. The molecule has 0 unspecified atom stereocenters. The molecule has 1 aliphatic heterocycles. The second kappa shape index (κ2) is 5.52. The molecule has 4 rings (SSSR count). The maximum Gasteiger partial charge on any atom is 0.319 e. The lowest BCUT2D eigenvalue weighted by Crippen LogP contribution is -2.33. The number of benzene rings is 1. The molecule has 1 aromatic carbocycles. The Balaban J connectivity index is 1.50. The van der Waals surface area contributed by atoms with Gasteiger partial charge in [0, 0.05) is 18.0 Å². The molecule has 0 fully saturated rings. The van der Waals surface area contributed by atoms with Gasteiger partial charge >= 0.3 is 6.03 Å². The lowest BCUT2D eigenvalue weighted by atomic mass is 10.1. The third kappa shape index (κ3) is 2.44. The first kappa shape index (κ1) is 14.5. The van der Waals surface area contributed by atoms with Gasteiger partial charge in [-0.2, -0.15) is 5.10 Å². The molecule has 2 N–H and O–H groups in total. The number of hydrogen-bond donors (Lipinski definition) is 2. The predicted molar refractivity (Wildman–Crippen MR) is 90.1 cm³/mol. The Bertz CT molecular complexity index is 934. The fraction of sp³-hybridized carbons (Fsp3) is 0.235. The highest BCUT2D eigenvalue weighted by Crippen LogP contribution is 2.31. The SMILES string of the molecule is Cc1nn(C)c2ncc(NC(=O)N[C@@H]3COc4ccccc43)cc12. The summed E-state index contributed by atoms with van der Waals surface area (Å²) in [5.41, 5.74) is 3.28. The number of carbonyl (C=O) groups excluding carboxylic acids is 1. The van der Waals surface area contributed by atoms with Crippen molar-refractivity contribution in [3.8, 4) is 5.75 Å². The zero-order chi connectivity index (χ0) is 16.7. The number of aryl methyl sites for hydroxylation is 2. The Morgan fingerprint density at radius 2 is 2.21 bits per heavy atom. The number of urea groups is 1. The van der Waals surface area contributed by atoms with Gasteiger partial charge in [0.1, 0.15) is 12.4 Å². The Morgan fingerprint density at radius 3 is 3.08 bits per heavy atom. The molecule has 1 atom stereocenters. The van der Waals surface area contributed by atoms with E-state index in [1.807, 2.05) is 44.3 Å². The number of hydrogen-bond acceptors (Lipinski definition) is 4. The van der Waals surface area contributed by atoms with Crippen molar-refractivity contribution in [3.05, 3.63) is 47.8 Å². The largest absolute Gasteiger partial charge is 0.491 e. The molecule has 0 bridgehead atoms. The number of para-hydroxylation sites is 1. The molecule has 0 aliphatic carbocycles. The number of aromatic nitrogens is 3. The first-order valence-corrected chi connectivity index (χ1v) is 7.70. The van der Waals surface area contributed by atoms with E-state index in [9.17, 15) is 4.79 Å². The van der Waals surface area contributed by atoms with Gasteiger partial charge in [-0.1, -0.05) is 18.2 Å². The van der Waals surface area contributed by atoms with Crippen molar-refractivity contribution in [3.63, 3.8) is 0 Å². The fourth-order valence-corrected chi connectivity index (χ4v) is 2.98. The van der Waals surface area contributed by atoms with Crippen LogP contribution in [0.2, 0.25) is 0 Å². The number of ether oxygens (including phenoxy) is 1. The van der Waals surface area contributed by atoms with Gasteiger partial charge in [0.05, 0.1) is 23.6 Å². The molecule has 1 aliphatic rings. The third-order valence-electron chi connectivity index (χ3n) is 4.13. The summed E-state index contributed by atoms with van der Waals surface area (Å²) in [6.07, 6.45) is 1.63. The monoisotopic (exact) mass is 323 g/mol. The fourth-order valence-electron chi connectivity index (χ4n) is 2.98. The molecular formula is C17H17N5O2. The summed E-state index contributed by atoms with van der Waals surface area (Å²) in [5.74, 6) is 0.817. The highest BCUT2D eigenvalue weighted by atomic mass is 16.5. The molecule has 0 radical (unpaired) electrons. The summed E-state index contributed by atoms with van der Waals surface area (Å²) in [7, 11) is 1.85. The van der Waals surface area contributed by atoms with Crippen LogP contribution in [0, 0.1) is 6.92 Å². The smallest absolute Gasteiger partial charge is 0.319 e. The van der Waals surface area contributed by atoms with Crippen molar-refractivity contribution in [1.29, 1.82) is 0 Å². The van der Waals surface area contributed by atoms with E-state index in [4.69, 9.17) is 4.74 Å². The number of pyridine rings is 1. The Kier molecular flexibility index (Phi) is 3.34. The van der Waals surface area contributed by atoms with Crippen molar-refractivity contribution in [2.45, 2.75) is 13.0 Å². The maximum atomic E-state index is 12.3.